The molecule has 0 aliphatic carbocycles. The third-order valence-corrected chi connectivity index (χ3v) is 4.72. The van der Waals surface area contributed by atoms with Gasteiger partial charge >= 0.3 is 0 Å². The Morgan fingerprint density at radius 1 is 1.19 bits per heavy atom. The number of aromatic amines is 1. The van der Waals surface area contributed by atoms with Gasteiger partial charge in [-0.1, -0.05) is 6.07 Å². The Morgan fingerprint density at radius 3 is 2.81 bits per heavy atom. The van der Waals surface area contributed by atoms with E-state index in [1.807, 2.05) is 12.3 Å². The van der Waals surface area contributed by atoms with Crippen molar-refractivity contribution in [2.75, 3.05) is 38.0 Å². The molecule has 0 atom stereocenters. The lowest BCUT2D eigenvalue weighted by molar-refractivity contribution is 0.0728. The molecular weight excluding hydrogens is 347 g/mol. The van der Waals surface area contributed by atoms with Gasteiger partial charge in [0.25, 0.3) is 5.91 Å². The molecule has 0 radical (unpaired) electrons. The number of hydrogen-bond acceptors (Lipinski definition) is 5. The van der Waals surface area contributed by atoms with E-state index in [-0.39, 0.29) is 11.7 Å². The molecule has 1 aliphatic heterocycles. The molecular formula is C19H21FN6O. The summed E-state index contributed by atoms with van der Waals surface area (Å²) in [4.78, 5) is 17.2. The first-order valence-corrected chi connectivity index (χ1v) is 9.04. The Bertz CT molecular complexity index is 933. The lowest BCUT2D eigenvalue weighted by atomic mass is 10.1. The monoisotopic (exact) mass is 368 g/mol. The van der Waals surface area contributed by atoms with Crippen LogP contribution in [0.2, 0.25) is 0 Å². The lowest BCUT2D eigenvalue weighted by Crippen LogP contribution is -2.46. The maximum absolute atomic E-state index is 14.0. The third-order valence-electron chi connectivity index (χ3n) is 4.72. The van der Waals surface area contributed by atoms with Crippen molar-refractivity contribution >= 4 is 22.6 Å². The Kier molecular flexibility index (Phi) is 4.97. The zero-order valence-electron chi connectivity index (χ0n) is 14.8. The minimum absolute atomic E-state index is 0.0928. The summed E-state index contributed by atoms with van der Waals surface area (Å²) < 4.78 is 14.0. The van der Waals surface area contributed by atoms with Crippen molar-refractivity contribution in [1.82, 2.24) is 25.4 Å². The number of aromatic nitrogens is 3. The summed E-state index contributed by atoms with van der Waals surface area (Å²) in [6.07, 6.45) is 2.47. The molecule has 1 amide bonds. The highest BCUT2D eigenvalue weighted by atomic mass is 19.1. The minimum Gasteiger partial charge on any atom is -0.368 e. The number of anilines is 1. The van der Waals surface area contributed by atoms with E-state index in [0.29, 0.717) is 43.0 Å². The Labute approximate surface area is 156 Å². The first kappa shape index (κ1) is 17.4. The first-order chi connectivity index (χ1) is 13.2. The first-order valence-electron chi connectivity index (χ1n) is 9.04. The second-order valence-electron chi connectivity index (χ2n) is 6.50. The van der Waals surface area contributed by atoms with Gasteiger partial charge in [-0.2, -0.15) is 0 Å². The largest absolute Gasteiger partial charge is 0.368 e. The van der Waals surface area contributed by atoms with E-state index in [9.17, 15) is 9.18 Å². The molecule has 1 saturated heterocycles. The van der Waals surface area contributed by atoms with Crippen LogP contribution in [-0.2, 0) is 6.42 Å². The number of carbonyl (C=O) groups excluding carboxylic acids is 1. The molecule has 1 fully saturated rings. The van der Waals surface area contributed by atoms with Gasteiger partial charge in [-0.3, -0.25) is 4.79 Å². The van der Waals surface area contributed by atoms with Gasteiger partial charge in [-0.25, -0.2) is 4.39 Å². The Morgan fingerprint density at radius 2 is 2.04 bits per heavy atom. The van der Waals surface area contributed by atoms with E-state index in [2.05, 4.69) is 25.8 Å². The molecule has 3 heterocycles. The van der Waals surface area contributed by atoms with Gasteiger partial charge in [0.1, 0.15) is 11.6 Å². The van der Waals surface area contributed by atoms with Crippen molar-refractivity contribution < 1.29 is 9.18 Å². The quantitative estimate of drug-likeness (QED) is 0.639. The van der Waals surface area contributed by atoms with Crippen LogP contribution in [0.3, 0.4) is 0 Å². The lowest BCUT2D eigenvalue weighted by Gasteiger charge is -2.26. The molecule has 2 aromatic heterocycles. The second kappa shape index (κ2) is 7.71. The number of hydrogen-bond donors (Lipinski definition) is 3. The predicted octanol–water partition coefficient (Wildman–Crippen LogP) is 1.80. The highest BCUT2D eigenvalue weighted by Gasteiger charge is 2.19. The minimum atomic E-state index is -0.223. The van der Waals surface area contributed by atoms with E-state index in [0.717, 1.165) is 24.2 Å². The molecule has 8 heteroatoms. The van der Waals surface area contributed by atoms with Gasteiger partial charge in [0.15, 0.2) is 5.69 Å². The van der Waals surface area contributed by atoms with Crippen molar-refractivity contribution in [1.29, 1.82) is 0 Å². The zero-order chi connectivity index (χ0) is 18.6. The topological polar surface area (TPSA) is 85.9 Å². The number of piperazine rings is 1. The van der Waals surface area contributed by atoms with Crippen molar-refractivity contribution in [3.05, 3.63) is 53.6 Å². The molecule has 0 bridgehead atoms. The molecule has 1 aliphatic rings. The molecule has 3 aromatic rings. The smallest absolute Gasteiger partial charge is 0.274 e. The van der Waals surface area contributed by atoms with Crippen molar-refractivity contribution in [3.8, 4) is 0 Å². The summed E-state index contributed by atoms with van der Waals surface area (Å²) in [5.41, 5.74) is 2.05. The molecule has 1 aromatic carbocycles. The molecule has 140 valence electrons. The summed E-state index contributed by atoms with van der Waals surface area (Å²) in [6, 6.07) is 8.44. The highest BCUT2D eigenvalue weighted by molar-refractivity contribution is 5.92. The fourth-order valence-corrected chi connectivity index (χ4v) is 3.30. The Balaban J connectivity index is 1.35. The number of H-pyrrole nitrogens is 1. The van der Waals surface area contributed by atoms with Crippen LogP contribution in [-0.4, -0.2) is 58.7 Å². The second-order valence-corrected chi connectivity index (χ2v) is 6.50. The van der Waals surface area contributed by atoms with Crippen LogP contribution in [0.4, 0.5) is 10.2 Å². The number of amides is 1. The van der Waals surface area contributed by atoms with E-state index in [1.54, 1.807) is 23.1 Å². The van der Waals surface area contributed by atoms with E-state index in [1.165, 1.54) is 6.07 Å². The standard InChI is InChI=1S/C19H21FN6O/c20-14-2-1-3-15-18(14)13(12-23-15)6-7-22-17-5-4-16(24-25-17)19(27)26-10-8-21-9-11-26/h1-5,12,21,23H,6-11H2,(H,22,25). The van der Waals surface area contributed by atoms with Gasteiger partial charge < -0.3 is 20.5 Å². The molecule has 0 unspecified atom stereocenters. The molecule has 0 spiro atoms. The van der Waals surface area contributed by atoms with Crippen LogP contribution in [0, 0.1) is 5.82 Å². The molecule has 27 heavy (non-hydrogen) atoms. The predicted molar refractivity (Wildman–Crippen MR) is 101 cm³/mol. The van der Waals surface area contributed by atoms with Gasteiger partial charge in [-0.15, -0.1) is 10.2 Å². The van der Waals surface area contributed by atoms with Gasteiger partial charge in [0.05, 0.1) is 0 Å². The highest BCUT2D eigenvalue weighted by Crippen LogP contribution is 2.21. The normalized spacial score (nSPS) is 14.5. The Hall–Kier alpha value is -3.00. The van der Waals surface area contributed by atoms with E-state index in [4.69, 9.17) is 0 Å². The van der Waals surface area contributed by atoms with Gasteiger partial charge in [0.2, 0.25) is 0 Å². The number of benzene rings is 1. The van der Waals surface area contributed by atoms with E-state index < -0.39 is 0 Å². The fourth-order valence-electron chi connectivity index (χ4n) is 3.30. The van der Waals surface area contributed by atoms with Gasteiger partial charge in [0, 0.05) is 49.8 Å². The van der Waals surface area contributed by atoms with Crippen LogP contribution >= 0.6 is 0 Å². The maximum atomic E-state index is 14.0. The summed E-state index contributed by atoms with van der Waals surface area (Å²) in [7, 11) is 0. The number of nitrogens with one attached hydrogen (secondary N) is 3. The average molecular weight is 368 g/mol. The number of fused-ring (bicyclic) bond motifs is 1. The number of carbonyl (C=O) groups is 1. The molecule has 7 nitrogen and oxygen atoms in total. The third kappa shape index (κ3) is 3.75. The number of nitrogens with zero attached hydrogens (tertiary/aromatic N) is 3. The SMILES string of the molecule is O=C(c1ccc(NCCc2c[nH]c3cccc(F)c23)nn1)N1CCNCC1. The number of halogens is 1. The molecule has 3 N–H and O–H groups in total. The fraction of sp³-hybridized carbons (Fsp3) is 0.316. The van der Waals surface area contributed by atoms with Crippen LogP contribution < -0.4 is 10.6 Å². The molecule has 4 rings (SSSR count). The van der Waals surface area contributed by atoms with Crippen LogP contribution in [0.1, 0.15) is 16.1 Å². The van der Waals surface area contributed by atoms with Crippen LogP contribution in [0.15, 0.2) is 36.5 Å². The van der Waals surface area contributed by atoms with Crippen molar-refractivity contribution in [2.45, 2.75) is 6.42 Å². The van der Waals surface area contributed by atoms with Crippen LogP contribution in [0.5, 0.6) is 0 Å². The summed E-state index contributed by atoms with van der Waals surface area (Å²) in [5, 5.41) is 15.1. The number of rotatable bonds is 5. The zero-order valence-corrected chi connectivity index (χ0v) is 14.8. The average Bonchev–Trinajstić information content (AvgIpc) is 3.13. The van der Waals surface area contributed by atoms with Gasteiger partial charge in [-0.05, 0) is 36.2 Å². The van der Waals surface area contributed by atoms with Crippen LogP contribution in [0.25, 0.3) is 10.9 Å². The maximum Gasteiger partial charge on any atom is 0.274 e. The summed E-state index contributed by atoms with van der Waals surface area (Å²) >= 11 is 0. The molecule has 0 saturated carbocycles. The summed E-state index contributed by atoms with van der Waals surface area (Å²) in [6.45, 7) is 3.55. The van der Waals surface area contributed by atoms with E-state index >= 15 is 0 Å². The van der Waals surface area contributed by atoms with Crippen molar-refractivity contribution in [3.63, 3.8) is 0 Å². The van der Waals surface area contributed by atoms with Crippen molar-refractivity contribution in [2.24, 2.45) is 0 Å². The summed E-state index contributed by atoms with van der Waals surface area (Å²) in [5.74, 6) is 0.274.